The second-order valence-corrected chi connectivity index (χ2v) is 6.53. The van der Waals surface area contributed by atoms with Crippen LogP contribution in [0, 0.1) is 5.82 Å². The average Bonchev–Trinajstić information content (AvgIpc) is 2.62. The molecule has 132 valence electrons. The van der Waals surface area contributed by atoms with Gasteiger partial charge in [0.1, 0.15) is 11.6 Å². The monoisotopic (exact) mass is 362 g/mol. The first kappa shape index (κ1) is 18.8. The molecule has 2 rings (SSSR count). The van der Waals surface area contributed by atoms with E-state index in [0.29, 0.717) is 17.1 Å². The molecule has 0 saturated heterocycles. The van der Waals surface area contributed by atoms with Crippen molar-refractivity contribution in [3.8, 4) is 5.75 Å². The van der Waals surface area contributed by atoms with Gasteiger partial charge in [0.2, 0.25) is 11.8 Å². The smallest absolute Gasteiger partial charge is 0.237 e. The van der Waals surface area contributed by atoms with E-state index in [1.54, 1.807) is 25.1 Å². The van der Waals surface area contributed by atoms with Crippen LogP contribution in [0.5, 0.6) is 5.75 Å². The normalized spacial score (nSPS) is 11.5. The second kappa shape index (κ2) is 9.08. The number of methoxy groups -OCH3 is 1. The minimum atomic E-state index is -0.427. The van der Waals surface area contributed by atoms with E-state index in [2.05, 4.69) is 10.6 Å². The van der Waals surface area contributed by atoms with Gasteiger partial charge in [0.15, 0.2) is 0 Å². The molecule has 0 aliphatic rings. The van der Waals surface area contributed by atoms with Crippen molar-refractivity contribution < 1.29 is 18.7 Å². The Bertz CT molecular complexity index is 737. The van der Waals surface area contributed by atoms with Gasteiger partial charge in [0.05, 0.1) is 23.8 Å². The number of benzene rings is 2. The minimum absolute atomic E-state index is 0.109. The number of carbonyl (C=O) groups excluding carboxylic acids is 2. The molecule has 0 fully saturated rings. The number of hydrogen-bond acceptors (Lipinski definition) is 4. The highest BCUT2D eigenvalue weighted by molar-refractivity contribution is 8.01. The van der Waals surface area contributed by atoms with Gasteiger partial charge in [0.25, 0.3) is 0 Å². The van der Waals surface area contributed by atoms with Gasteiger partial charge in [-0.25, -0.2) is 4.39 Å². The molecule has 2 aromatic carbocycles. The Hall–Kier alpha value is -2.54. The van der Waals surface area contributed by atoms with E-state index in [1.807, 2.05) is 6.07 Å². The molecule has 0 aliphatic heterocycles. The molecule has 0 spiro atoms. The summed E-state index contributed by atoms with van der Waals surface area (Å²) in [7, 11) is 1.53. The van der Waals surface area contributed by atoms with Crippen LogP contribution in [0.4, 0.5) is 15.8 Å². The lowest BCUT2D eigenvalue weighted by atomic mass is 10.3. The highest BCUT2D eigenvalue weighted by Gasteiger charge is 2.17. The quantitative estimate of drug-likeness (QED) is 0.791. The average molecular weight is 362 g/mol. The molecule has 2 amide bonds. The Labute approximate surface area is 150 Å². The maximum atomic E-state index is 12.8. The third kappa shape index (κ3) is 5.79. The van der Waals surface area contributed by atoms with Gasteiger partial charge >= 0.3 is 0 Å². The van der Waals surface area contributed by atoms with Gasteiger partial charge in [-0.05, 0) is 43.3 Å². The molecule has 0 unspecified atom stereocenters. The Morgan fingerprint density at radius 2 is 1.80 bits per heavy atom. The number of carbonyl (C=O) groups is 2. The first-order chi connectivity index (χ1) is 12.0. The Morgan fingerprint density at radius 1 is 1.12 bits per heavy atom. The second-order valence-electron chi connectivity index (χ2n) is 5.20. The summed E-state index contributed by atoms with van der Waals surface area (Å²) >= 11 is 1.21. The van der Waals surface area contributed by atoms with Crippen LogP contribution in [0.3, 0.4) is 0 Å². The van der Waals surface area contributed by atoms with Crippen LogP contribution in [0.2, 0.25) is 0 Å². The van der Waals surface area contributed by atoms with Crippen LogP contribution in [0.25, 0.3) is 0 Å². The summed E-state index contributed by atoms with van der Waals surface area (Å²) < 4.78 is 18.0. The fraction of sp³-hybridized carbons (Fsp3) is 0.222. The fourth-order valence-corrected chi connectivity index (χ4v) is 2.67. The number of para-hydroxylation sites is 2. The molecule has 7 heteroatoms. The number of thioether (sulfide) groups is 1. The van der Waals surface area contributed by atoms with Gasteiger partial charge in [-0.3, -0.25) is 9.59 Å². The van der Waals surface area contributed by atoms with E-state index in [-0.39, 0.29) is 23.4 Å². The highest BCUT2D eigenvalue weighted by Crippen LogP contribution is 2.24. The van der Waals surface area contributed by atoms with Crippen LogP contribution in [0.1, 0.15) is 6.92 Å². The van der Waals surface area contributed by atoms with Gasteiger partial charge in [-0.2, -0.15) is 0 Å². The summed E-state index contributed by atoms with van der Waals surface area (Å²) in [6.45, 7) is 1.72. The third-order valence-corrected chi connectivity index (χ3v) is 4.47. The number of amides is 2. The van der Waals surface area contributed by atoms with E-state index in [1.165, 1.54) is 43.1 Å². The van der Waals surface area contributed by atoms with Crippen molar-refractivity contribution in [3.05, 3.63) is 54.3 Å². The van der Waals surface area contributed by atoms with Crippen molar-refractivity contribution in [3.63, 3.8) is 0 Å². The summed E-state index contributed by atoms with van der Waals surface area (Å²) in [4.78, 5) is 24.1. The van der Waals surface area contributed by atoms with E-state index in [4.69, 9.17) is 4.74 Å². The van der Waals surface area contributed by atoms with E-state index in [9.17, 15) is 14.0 Å². The van der Waals surface area contributed by atoms with Gasteiger partial charge in [0, 0.05) is 5.69 Å². The summed E-state index contributed by atoms with van der Waals surface area (Å²) in [6, 6.07) is 12.6. The molecule has 0 aliphatic carbocycles. The van der Waals surface area contributed by atoms with E-state index in [0.717, 1.165) is 0 Å². The summed E-state index contributed by atoms with van der Waals surface area (Å²) in [5.74, 6) is -0.161. The Morgan fingerprint density at radius 3 is 2.48 bits per heavy atom. The van der Waals surface area contributed by atoms with Crippen molar-refractivity contribution in [1.29, 1.82) is 0 Å². The molecule has 0 aromatic heterocycles. The van der Waals surface area contributed by atoms with Crippen molar-refractivity contribution in [1.82, 2.24) is 0 Å². The summed E-state index contributed by atoms with van der Waals surface area (Å²) in [5, 5.41) is 5.01. The van der Waals surface area contributed by atoms with Crippen LogP contribution in [-0.2, 0) is 9.59 Å². The lowest BCUT2D eigenvalue weighted by molar-refractivity contribution is -0.115. The van der Waals surface area contributed by atoms with Gasteiger partial charge in [-0.15, -0.1) is 11.8 Å². The molecule has 0 bridgehead atoms. The molecular formula is C18H19FN2O3S. The number of rotatable bonds is 7. The standard InChI is InChI=1S/C18H19FN2O3S/c1-12(18(23)21-15-5-3-4-6-16(15)24-2)25-11-17(22)20-14-9-7-13(19)8-10-14/h3-10,12H,11H2,1-2H3,(H,20,22)(H,21,23)/t12-/m1/s1. The lowest BCUT2D eigenvalue weighted by Gasteiger charge is -2.14. The van der Waals surface area contributed by atoms with Crippen LogP contribution >= 0.6 is 11.8 Å². The van der Waals surface area contributed by atoms with Crippen LogP contribution in [-0.4, -0.2) is 29.9 Å². The van der Waals surface area contributed by atoms with Crippen molar-refractivity contribution in [2.75, 3.05) is 23.5 Å². The zero-order valence-electron chi connectivity index (χ0n) is 13.9. The zero-order chi connectivity index (χ0) is 18.2. The predicted octanol–water partition coefficient (Wildman–Crippen LogP) is 3.53. The molecular weight excluding hydrogens is 343 g/mol. The minimum Gasteiger partial charge on any atom is -0.495 e. The highest BCUT2D eigenvalue weighted by atomic mass is 32.2. The molecule has 25 heavy (non-hydrogen) atoms. The number of ether oxygens (including phenoxy) is 1. The predicted molar refractivity (Wildman–Crippen MR) is 98.6 cm³/mol. The molecule has 2 N–H and O–H groups in total. The van der Waals surface area contributed by atoms with Crippen molar-refractivity contribution >= 4 is 35.0 Å². The first-order valence-corrected chi connectivity index (χ1v) is 8.65. The summed E-state index contributed by atoms with van der Waals surface area (Å²) in [6.07, 6.45) is 0. The van der Waals surface area contributed by atoms with E-state index >= 15 is 0 Å². The number of hydrogen-bond donors (Lipinski definition) is 2. The number of nitrogens with one attached hydrogen (secondary N) is 2. The van der Waals surface area contributed by atoms with Gasteiger partial charge in [-0.1, -0.05) is 12.1 Å². The Balaban J connectivity index is 1.82. The zero-order valence-corrected chi connectivity index (χ0v) is 14.7. The largest absolute Gasteiger partial charge is 0.495 e. The van der Waals surface area contributed by atoms with Crippen LogP contribution in [0.15, 0.2) is 48.5 Å². The topological polar surface area (TPSA) is 67.4 Å². The molecule has 0 radical (unpaired) electrons. The molecule has 0 saturated carbocycles. The Kier molecular flexibility index (Phi) is 6.82. The fourth-order valence-electron chi connectivity index (χ4n) is 1.99. The summed E-state index contributed by atoms with van der Waals surface area (Å²) in [5.41, 5.74) is 1.09. The number of anilines is 2. The SMILES string of the molecule is COc1ccccc1NC(=O)[C@@H](C)SCC(=O)Nc1ccc(F)cc1. The first-order valence-electron chi connectivity index (χ1n) is 7.60. The third-order valence-electron chi connectivity index (χ3n) is 3.33. The van der Waals surface area contributed by atoms with Crippen LogP contribution < -0.4 is 15.4 Å². The lowest BCUT2D eigenvalue weighted by Crippen LogP contribution is -2.25. The molecule has 0 heterocycles. The number of halogens is 1. The molecule has 1 atom stereocenters. The van der Waals surface area contributed by atoms with E-state index < -0.39 is 5.25 Å². The molecule has 5 nitrogen and oxygen atoms in total. The molecule has 2 aromatic rings. The van der Waals surface area contributed by atoms with Crippen molar-refractivity contribution in [2.45, 2.75) is 12.2 Å². The maximum absolute atomic E-state index is 12.8. The van der Waals surface area contributed by atoms with Crippen molar-refractivity contribution in [2.24, 2.45) is 0 Å². The maximum Gasteiger partial charge on any atom is 0.237 e. The van der Waals surface area contributed by atoms with Gasteiger partial charge < -0.3 is 15.4 Å².